The van der Waals surface area contributed by atoms with Crippen molar-refractivity contribution in [3.63, 3.8) is 0 Å². The fourth-order valence-corrected chi connectivity index (χ4v) is 3.19. The lowest BCUT2D eigenvalue weighted by Crippen LogP contribution is -2.44. The third kappa shape index (κ3) is 4.01. The molecule has 1 aliphatic heterocycles. The van der Waals surface area contributed by atoms with E-state index in [1.165, 1.54) is 11.1 Å². The zero-order chi connectivity index (χ0) is 16.9. The van der Waals surface area contributed by atoms with E-state index in [9.17, 15) is 5.11 Å². The maximum absolute atomic E-state index is 9.33. The molecule has 2 aromatic rings. The molecule has 2 atom stereocenters. The van der Waals surface area contributed by atoms with Crippen LogP contribution in [0.15, 0.2) is 42.5 Å². The summed E-state index contributed by atoms with van der Waals surface area (Å²) in [6, 6.07) is 14.2. The molecule has 2 aromatic carbocycles. The Morgan fingerprint density at radius 3 is 2.79 bits per heavy atom. The molecule has 4 heteroatoms. The standard InChI is InChI=1S/C20H25NO3/c1-14(6-7-15-8-10-18(22)11-9-15)21-17-12-16-4-3-5-19(23-2)20(16)24-13-17/h3-5,8-11,14,17,21-22H,6-7,12-13H2,1-2H3. The third-order valence-electron chi connectivity index (χ3n) is 4.50. The number of benzene rings is 2. The number of hydrogen-bond donors (Lipinski definition) is 2. The predicted molar refractivity (Wildman–Crippen MR) is 95.0 cm³/mol. The minimum absolute atomic E-state index is 0.318. The number of ether oxygens (including phenoxy) is 2. The van der Waals surface area contributed by atoms with Crippen molar-refractivity contribution in [2.45, 2.75) is 38.3 Å². The second kappa shape index (κ2) is 7.58. The molecule has 0 fully saturated rings. The van der Waals surface area contributed by atoms with Crippen molar-refractivity contribution in [3.05, 3.63) is 53.6 Å². The Morgan fingerprint density at radius 2 is 2.04 bits per heavy atom. The van der Waals surface area contributed by atoms with Crippen molar-refractivity contribution >= 4 is 0 Å². The van der Waals surface area contributed by atoms with Crippen molar-refractivity contribution in [2.75, 3.05) is 13.7 Å². The molecular weight excluding hydrogens is 302 g/mol. The molecule has 0 aliphatic carbocycles. The number of para-hydroxylation sites is 1. The van der Waals surface area contributed by atoms with Gasteiger partial charge in [-0.1, -0.05) is 24.3 Å². The maximum atomic E-state index is 9.33. The van der Waals surface area contributed by atoms with Gasteiger partial charge >= 0.3 is 0 Å². The Hall–Kier alpha value is -2.20. The van der Waals surface area contributed by atoms with Crippen LogP contribution in [-0.2, 0) is 12.8 Å². The van der Waals surface area contributed by atoms with Gasteiger partial charge in [0.05, 0.1) is 7.11 Å². The Labute approximate surface area is 143 Å². The number of fused-ring (bicyclic) bond motifs is 1. The van der Waals surface area contributed by atoms with Gasteiger partial charge in [-0.15, -0.1) is 0 Å². The van der Waals surface area contributed by atoms with Gasteiger partial charge in [0, 0.05) is 12.1 Å². The van der Waals surface area contributed by atoms with Crippen molar-refractivity contribution < 1.29 is 14.6 Å². The first-order valence-corrected chi connectivity index (χ1v) is 8.48. The number of aromatic hydroxyl groups is 1. The van der Waals surface area contributed by atoms with Crippen molar-refractivity contribution in [1.29, 1.82) is 0 Å². The van der Waals surface area contributed by atoms with Gasteiger partial charge in [-0.3, -0.25) is 0 Å². The molecule has 2 unspecified atom stereocenters. The minimum Gasteiger partial charge on any atom is -0.508 e. The van der Waals surface area contributed by atoms with E-state index in [0.717, 1.165) is 30.8 Å². The van der Waals surface area contributed by atoms with E-state index in [0.29, 0.717) is 24.4 Å². The first-order valence-electron chi connectivity index (χ1n) is 8.48. The van der Waals surface area contributed by atoms with Crippen LogP contribution in [0.4, 0.5) is 0 Å². The first-order chi connectivity index (χ1) is 11.7. The van der Waals surface area contributed by atoms with Crippen LogP contribution < -0.4 is 14.8 Å². The normalized spacial score (nSPS) is 17.7. The summed E-state index contributed by atoms with van der Waals surface area (Å²) in [6.45, 7) is 2.87. The molecule has 0 amide bonds. The molecule has 24 heavy (non-hydrogen) atoms. The van der Waals surface area contributed by atoms with Crippen molar-refractivity contribution in [2.24, 2.45) is 0 Å². The molecule has 3 rings (SSSR count). The number of methoxy groups -OCH3 is 1. The SMILES string of the molecule is COc1cccc2c1OCC(NC(C)CCc1ccc(O)cc1)C2. The largest absolute Gasteiger partial charge is 0.508 e. The van der Waals surface area contributed by atoms with Gasteiger partial charge in [0.15, 0.2) is 11.5 Å². The Bertz CT molecular complexity index is 669. The molecule has 0 saturated heterocycles. The molecule has 0 aromatic heterocycles. The van der Waals surface area contributed by atoms with E-state index in [2.05, 4.69) is 18.3 Å². The number of hydrogen-bond acceptors (Lipinski definition) is 4. The first kappa shape index (κ1) is 16.7. The second-order valence-corrected chi connectivity index (χ2v) is 6.43. The number of nitrogens with one attached hydrogen (secondary N) is 1. The smallest absolute Gasteiger partial charge is 0.164 e. The van der Waals surface area contributed by atoms with Crippen molar-refractivity contribution in [3.8, 4) is 17.2 Å². The topological polar surface area (TPSA) is 50.7 Å². The highest BCUT2D eigenvalue weighted by Crippen LogP contribution is 2.34. The summed E-state index contributed by atoms with van der Waals surface area (Å²) in [5.74, 6) is 2.01. The predicted octanol–water partition coefficient (Wildman–Crippen LogP) is 3.32. The molecule has 1 heterocycles. The lowest BCUT2D eigenvalue weighted by atomic mass is 10.00. The Kier molecular flexibility index (Phi) is 5.26. The highest BCUT2D eigenvalue weighted by atomic mass is 16.5. The summed E-state index contributed by atoms with van der Waals surface area (Å²) in [4.78, 5) is 0. The fourth-order valence-electron chi connectivity index (χ4n) is 3.19. The van der Waals surface area contributed by atoms with E-state index in [1.807, 2.05) is 24.3 Å². The summed E-state index contributed by atoms with van der Waals surface area (Å²) >= 11 is 0. The van der Waals surface area contributed by atoms with E-state index in [4.69, 9.17) is 9.47 Å². The molecule has 1 aliphatic rings. The van der Waals surface area contributed by atoms with E-state index in [-0.39, 0.29) is 0 Å². The molecular formula is C20H25NO3. The highest BCUT2D eigenvalue weighted by Gasteiger charge is 2.23. The molecule has 0 bridgehead atoms. The maximum Gasteiger partial charge on any atom is 0.164 e. The highest BCUT2D eigenvalue weighted by molar-refractivity contribution is 5.48. The van der Waals surface area contributed by atoms with Gasteiger partial charge < -0.3 is 19.9 Å². The zero-order valence-electron chi connectivity index (χ0n) is 14.3. The van der Waals surface area contributed by atoms with Crippen LogP contribution in [0.3, 0.4) is 0 Å². The molecule has 2 N–H and O–H groups in total. The van der Waals surface area contributed by atoms with Crippen LogP contribution >= 0.6 is 0 Å². The van der Waals surface area contributed by atoms with Crippen LogP contribution in [0.2, 0.25) is 0 Å². The van der Waals surface area contributed by atoms with Gasteiger partial charge in [0.1, 0.15) is 12.4 Å². The summed E-state index contributed by atoms with van der Waals surface area (Å²) in [7, 11) is 1.68. The van der Waals surface area contributed by atoms with E-state index >= 15 is 0 Å². The van der Waals surface area contributed by atoms with Gasteiger partial charge in [-0.25, -0.2) is 0 Å². The summed E-state index contributed by atoms with van der Waals surface area (Å²) < 4.78 is 11.3. The summed E-state index contributed by atoms with van der Waals surface area (Å²) in [5.41, 5.74) is 2.44. The van der Waals surface area contributed by atoms with Crippen LogP contribution in [0, 0.1) is 0 Å². The Balaban J connectivity index is 1.52. The number of rotatable bonds is 6. The molecule has 0 spiro atoms. The van der Waals surface area contributed by atoms with Crippen LogP contribution in [-0.4, -0.2) is 30.9 Å². The van der Waals surface area contributed by atoms with Gasteiger partial charge in [-0.2, -0.15) is 0 Å². The zero-order valence-corrected chi connectivity index (χ0v) is 14.3. The minimum atomic E-state index is 0.318. The Morgan fingerprint density at radius 1 is 1.25 bits per heavy atom. The number of phenolic OH excluding ortho intramolecular Hbond substituents is 1. The lowest BCUT2D eigenvalue weighted by molar-refractivity contribution is 0.217. The van der Waals surface area contributed by atoms with Crippen LogP contribution in [0.5, 0.6) is 17.2 Å². The number of aryl methyl sites for hydroxylation is 1. The molecule has 128 valence electrons. The van der Waals surface area contributed by atoms with Gasteiger partial charge in [-0.05, 0) is 55.5 Å². The third-order valence-corrected chi connectivity index (χ3v) is 4.50. The summed E-state index contributed by atoms with van der Waals surface area (Å²) in [5, 5.41) is 13.0. The molecule has 0 radical (unpaired) electrons. The molecule has 4 nitrogen and oxygen atoms in total. The van der Waals surface area contributed by atoms with Crippen LogP contribution in [0.25, 0.3) is 0 Å². The van der Waals surface area contributed by atoms with E-state index in [1.54, 1.807) is 19.2 Å². The lowest BCUT2D eigenvalue weighted by Gasteiger charge is -2.29. The molecule has 0 saturated carbocycles. The van der Waals surface area contributed by atoms with Gasteiger partial charge in [0.2, 0.25) is 0 Å². The number of phenols is 1. The summed E-state index contributed by atoms with van der Waals surface area (Å²) in [6.07, 6.45) is 2.99. The van der Waals surface area contributed by atoms with Crippen molar-refractivity contribution in [1.82, 2.24) is 5.32 Å². The average molecular weight is 327 g/mol. The fraction of sp³-hybridized carbons (Fsp3) is 0.400. The van der Waals surface area contributed by atoms with Gasteiger partial charge in [0.25, 0.3) is 0 Å². The second-order valence-electron chi connectivity index (χ2n) is 6.43. The van der Waals surface area contributed by atoms with Crippen LogP contribution in [0.1, 0.15) is 24.5 Å². The van der Waals surface area contributed by atoms with E-state index < -0.39 is 0 Å². The monoisotopic (exact) mass is 327 g/mol. The average Bonchev–Trinajstić information content (AvgIpc) is 2.60. The quantitative estimate of drug-likeness (QED) is 0.854.